The Morgan fingerprint density at radius 3 is 1.97 bits per heavy atom. The van der Waals surface area contributed by atoms with E-state index in [4.69, 9.17) is 28.9 Å². The Kier molecular flexibility index (Phi) is 9.44. The molecule has 0 bridgehead atoms. The van der Waals surface area contributed by atoms with Crippen LogP contribution in [0.4, 0.5) is 5.69 Å². The number of benzene rings is 2. The van der Waals surface area contributed by atoms with E-state index in [1.54, 1.807) is 21.3 Å². The van der Waals surface area contributed by atoms with Gasteiger partial charge < -0.3 is 28.6 Å². The number of unbranched alkanes of at least 4 members (excludes halogenated alkanes) is 1. The molecule has 168 valence electrons. The Balaban J connectivity index is 0.000000316. The van der Waals surface area contributed by atoms with Gasteiger partial charge >= 0.3 is 0 Å². The molecule has 0 N–H and O–H groups in total. The molecule has 1 aliphatic heterocycles. The predicted octanol–water partition coefficient (Wildman–Crippen LogP) is 4.36. The molecule has 0 saturated carbocycles. The van der Waals surface area contributed by atoms with E-state index in [-0.39, 0.29) is 0 Å². The SMILES string of the molecule is CN(C)c1ccccc1.COc1cc(C2(CCCC#N)OCCO2)cc(OC)c1OC. The third-order valence-electron chi connectivity index (χ3n) is 4.93. The van der Waals surface area contributed by atoms with Gasteiger partial charge in [0.2, 0.25) is 5.75 Å². The van der Waals surface area contributed by atoms with Crippen molar-refractivity contribution < 1.29 is 23.7 Å². The summed E-state index contributed by atoms with van der Waals surface area (Å²) < 4.78 is 27.8. The molecule has 0 radical (unpaired) electrons. The summed E-state index contributed by atoms with van der Waals surface area (Å²) in [5, 5.41) is 8.74. The van der Waals surface area contributed by atoms with E-state index in [9.17, 15) is 0 Å². The topological polar surface area (TPSA) is 73.2 Å². The number of rotatable bonds is 8. The Hall–Kier alpha value is -2.95. The fourth-order valence-corrected chi connectivity index (χ4v) is 3.34. The van der Waals surface area contributed by atoms with Crippen LogP contribution in [-0.4, -0.2) is 48.6 Å². The van der Waals surface area contributed by atoms with Crippen LogP contribution in [0.5, 0.6) is 17.2 Å². The first kappa shape index (κ1) is 24.3. The molecule has 3 rings (SSSR count). The molecule has 1 aliphatic rings. The van der Waals surface area contributed by atoms with Crippen LogP contribution in [-0.2, 0) is 15.3 Å². The summed E-state index contributed by atoms with van der Waals surface area (Å²) in [7, 11) is 8.77. The van der Waals surface area contributed by atoms with Crippen LogP contribution in [0.25, 0.3) is 0 Å². The number of hydrogen-bond acceptors (Lipinski definition) is 7. The molecular weight excluding hydrogens is 396 g/mol. The second-order valence-corrected chi connectivity index (χ2v) is 7.11. The van der Waals surface area contributed by atoms with E-state index in [1.807, 2.05) is 44.4 Å². The molecular formula is C24H32N2O5. The Morgan fingerprint density at radius 2 is 1.55 bits per heavy atom. The van der Waals surface area contributed by atoms with Gasteiger partial charge in [-0.2, -0.15) is 5.26 Å². The maximum Gasteiger partial charge on any atom is 0.203 e. The number of methoxy groups -OCH3 is 3. The first-order valence-corrected chi connectivity index (χ1v) is 10.2. The van der Waals surface area contributed by atoms with Gasteiger partial charge in [-0.15, -0.1) is 0 Å². The third-order valence-corrected chi connectivity index (χ3v) is 4.93. The lowest BCUT2D eigenvalue weighted by atomic mass is 9.98. The summed E-state index contributed by atoms with van der Waals surface area (Å²) in [5.41, 5.74) is 2.05. The lowest BCUT2D eigenvalue weighted by Gasteiger charge is -2.29. The van der Waals surface area contributed by atoms with Gasteiger partial charge in [-0.05, 0) is 30.7 Å². The van der Waals surface area contributed by atoms with Gasteiger partial charge in [0, 0.05) is 38.2 Å². The summed E-state index contributed by atoms with van der Waals surface area (Å²) >= 11 is 0. The molecule has 7 heteroatoms. The second kappa shape index (κ2) is 12.0. The van der Waals surface area contributed by atoms with Gasteiger partial charge in [0.1, 0.15) is 0 Å². The van der Waals surface area contributed by atoms with E-state index in [0.29, 0.717) is 49.7 Å². The monoisotopic (exact) mass is 428 g/mol. The van der Waals surface area contributed by atoms with Crippen molar-refractivity contribution in [3.63, 3.8) is 0 Å². The fraction of sp³-hybridized carbons (Fsp3) is 0.458. The quantitative estimate of drug-likeness (QED) is 0.579. The van der Waals surface area contributed by atoms with Gasteiger partial charge in [0.15, 0.2) is 17.3 Å². The predicted molar refractivity (Wildman–Crippen MR) is 120 cm³/mol. The van der Waals surface area contributed by atoms with Crippen LogP contribution in [0.3, 0.4) is 0 Å². The van der Waals surface area contributed by atoms with Crippen molar-refractivity contribution in [3.05, 3.63) is 48.0 Å². The molecule has 2 aromatic rings. The van der Waals surface area contributed by atoms with Gasteiger partial charge in [-0.25, -0.2) is 0 Å². The normalized spacial score (nSPS) is 14.1. The molecule has 0 amide bonds. The Morgan fingerprint density at radius 1 is 0.968 bits per heavy atom. The van der Waals surface area contributed by atoms with Crippen LogP contribution in [0.15, 0.2) is 42.5 Å². The van der Waals surface area contributed by atoms with E-state index in [0.717, 1.165) is 5.56 Å². The van der Waals surface area contributed by atoms with Crippen LogP contribution in [0.2, 0.25) is 0 Å². The molecule has 2 aromatic carbocycles. The van der Waals surface area contributed by atoms with Gasteiger partial charge in [0.25, 0.3) is 0 Å². The van der Waals surface area contributed by atoms with E-state index >= 15 is 0 Å². The van der Waals surface area contributed by atoms with Crippen LogP contribution in [0.1, 0.15) is 24.8 Å². The summed E-state index contributed by atoms with van der Waals surface area (Å²) in [6.45, 7) is 1.03. The van der Waals surface area contributed by atoms with E-state index < -0.39 is 5.79 Å². The van der Waals surface area contributed by atoms with Crippen LogP contribution < -0.4 is 19.1 Å². The first-order chi connectivity index (χ1) is 15.0. The zero-order valence-electron chi connectivity index (χ0n) is 19.0. The maximum atomic E-state index is 8.74. The van der Waals surface area contributed by atoms with Crippen molar-refractivity contribution in [2.24, 2.45) is 0 Å². The highest BCUT2D eigenvalue weighted by Gasteiger charge is 2.39. The summed E-state index contributed by atoms with van der Waals surface area (Å²) in [4.78, 5) is 2.08. The number of nitriles is 1. The number of hydrogen-bond donors (Lipinski definition) is 0. The number of para-hydroxylation sites is 1. The largest absolute Gasteiger partial charge is 0.493 e. The smallest absolute Gasteiger partial charge is 0.203 e. The van der Waals surface area contributed by atoms with Crippen LogP contribution >= 0.6 is 0 Å². The van der Waals surface area contributed by atoms with Crippen LogP contribution in [0, 0.1) is 11.3 Å². The highest BCUT2D eigenvalue weighted by Crippen LogP contribution is 2.45. The average molecular weight is 429 g/mol. The number of ether oxygens (including phenoxy) is 5. The molecule has 0 aliphatic carbocycles. The standard InChI is InChI=1S/C16H21NO5.C8H11N/c1-18-13-10-12(11-14(19-2)15(13)20-3)16(6-4-5-7-17)21-8-9-22-16;1-9(2)8-6-4-3-5-7-8/h10-11H,4-6,8-9H2,1-3H3;3-7H,1-2H3. The average Bonchev–Trinajstić information content (AvgIpc) is 3.29. The molecule has 0 atom stereocenters. The highest BCUT2D eigenvalue weighted by molar-refractivity contribution is 5.54. The first-order valence-electron chi connectivity index (χ1n) is 10.2. The minimum Gasteiger partial charge on any atom is -0.493 e. The molecule has 7 nitrogen and oxygen atoms in total. The zero-order valence-corrected chi connectivity index (χ0v) is 19.0. The van der Waals surface area contributed by atoms with Gasteiger partial charge in [0.05, 0.1) is 40.6 Å². The maximum absolute atomic E-state index is 8.74. The Labute approximate surface area is 185 Å². The molecule has 0 spiro atoms. The Bertz CT molecular complexity index is 818. The van der Waals surface area contributed by atoms with Crippen molar-refractivity contribution in [2.45, 2.75) is 25.0 Å². The van der Waals surface area contributed by atoms with Gasteiger partial charge in [-0.1, -0.05) is 18.2 Å². The highest BCUT2D eigenvalue weighted by atomic mass is 16.7. The van der Waals surface area contributed by atoms with Crippen molar-refractivity contribution in [1.29, 1.82) is 5.26 Å². The molecule has 1 saturated heterocycles. The molecule has 31 heavy (non-hydrogen) atoms. The fourth-order valence-electron chi connectivity index (χ4n) is 3.34. The van der Waals surface area contributed by atoms with E-state index in [2.05, 4.69) is 23.1 Å². The van der Waals surface area contributed by atoms with Crippen molar-refractivity contribution in [2.75, 3.05) is 53.5 Å². The van der Waals surface area contributed by atoms with E-state index in [1.165, 1.54) is 5.69 Å². The lowest BCUT2D eigenvalue weighted by Crippen LogP contribution is -2.27. The minimum absolute atomic E-state index is 0.457. The van der Waals surface area contributed by atoms with Crippen molar-refractivity contribution in [1.82, 2.24) is 0 Å². The second-order valence-electron chi connectivity index (χ2n) is 7.11. The lowest BCUT2D eigenvalue weighted by molar-refractivity contribution is -0.171. The number of anilines is 1. The summed E-state index contributed by atoms with van der Waals surface area (Å²) in [5.74, 6) is 0.772. The molecule has 1 heterocycles. The summed E-state index contributed by atoms with van der Waals surface area (Å²) in [6, 6.07) is 16.1. The zero-order chi connectivity index (χ0) is 22.7. The molecule has 1 fully saturated rings. The van der Waals surface area contributed by atoms with Crippen molar-refractivity contribution >= 4 is 5.69 Å². The summed E-state index contributed by atoms with van der Waals surface area (Å²) in [6.07, 6.45) is 1.74. The minimum atomic E-state index is -0.857. The van der Waals surface area contributed by atoms with Gasteiger partial charge in [-0.3, -0.25) is 0 Å². The molecule has 0 unspecified atom stereocenters. The number of nitrogens with zero attached hydrogens (tertiary/aromatic N) is 2. The van der Waals surface area contributed by atoms with Crippen molar-refractivity contribution in [3.8, 4) is 23.3 Å². The third kappa shape index (κ3) is 6.27. The molecule has 0 aromatic heterocycles.